The van der Waals surface area contributed by atoms with Gasteiger partial charge in [0.15, 0.2) is 0 Å². The van der Waals surface area contributed by atoms with Gasteiger partial charge >= 0.3 is 0 Å². The fourth-order valence-electron chi connectivity index (χ4n) is 1.94. The van der Waals surface area contributed by atoms with Crippen LogP contribution in [0.1, 0.15) is 71.6 Å². The summed E-state index contributed by atoms with van der Waals surface area (Å²) in [5.41, 5.74) is 8.40. The predicted octanol–water partition coefficient (Wildman–Crippen LogP) is 4.79. The Bertz CT molecular complexity index is 247. The third kappa shape index (κ3) is 11.2. The Hall–Kier alpha value is -1.02. The van der Waals surface area contributed by atoms with E-state index in [9.17, 15) is 4.79 Å². The van der Waals surface area contributed by atoms with Crippen LogP contribution >= 0.6 is 0 Å². The lowest BCUT2D eigenvalue weighted by Crippen LogP contribution is -2.08. The molecule has 0 radical (unpaired) electrons. The van der Waals surface area contributed by atoms with Crippen LogP contribution in [0.15, 0.2) is 5.11 Å². The number of hydrogen-bond donors (Lipinski definition) is 0. The largest absolute Gasteiger partial charge is 0.300 e. The van der Waals surface area contributed by atoms with Gasteiger partial charge in [-0.3, -0.25) is 0 Å². The zero-order valence-electron chi connectivity index (χ0n) is 11.2. The molecule has 98 valence electrons. The number of hydrogen-bond acceptors (Lipinski definition) is 2. The molecule has 0 fully saturated rings. The van der Waals surface area contributed by atoms with Gasteiger partial charge < -0.3 is 4.79 Å². The molecule has 0 aliphatic rings. The highest BCUT2D eigenvalue weighted by Crippen LogP contribution is 2.13. The lowest BCUT2D eigenvalue weighted by atomic mass is 10.0. The van der Waals surface area contributed by atoms with Crippen LogP contribution in [0.25, 0.3) is 10.4 Å². The Morgan fingerprint density at radius 1 is 1.18 bits per heavy atom. The SMILES string of the molecule is CCCCCCCCCC(CC(C)=O)N=[N+]=[N-]. The van der Waals surface area contributed by atoms with Gasteiger partial charge in [-0.25, -0.2) is 0 Å². The quantitative estimate of drug-likeness (QED) is 0.221. The first-order valence-corrected chi connectivity index (χ1v) is 6.74. The molecule has 1 unspecified atom stereocenters. The molecule has 4 heteroatoms. The van der Waals surface area contributed by atoms with Crippen molar-refractivity contribution < 1.29 is 4.79 Å². The molecular weight excluding hydrogens is 214 g/mol. The molecular formula is C13H25N3O. The van der Waals surface area contributed by atoms with Crippen molar-refractivity contribution in [1.82, 2.24) is 0 Å². The molecule has 0 aliphatic carbocycles. The second-order valence-corrected chi connectivity index (χ2v) is 4.67. The summed E-state index contributed by atoms with van der Waals surface area (Å²) in [5.74, 6) is 0.102. The van der Waals surface area contributed by atoms with Gasteiger partial charge in [0.1, 0.15) is 5.78 Å². The summed E-state index contributed by atoms with van der Waals surface area (Å²) in [5, 5.41) is 3.67. The second-order valence-electron chi connectivity index (χ2n) is 4.67. The van der Waals surface area contributed by atoms with Crippen molar-refractivity contribution in [2.45, 2.75) is 77.7 Å². The Kier molecular flexibility index (Phi) is 10.8. The third-order valence-electron chi connectivity index (χ3n) is 2.88. The summed E-state index contributed by atoms with van der Waals surface area (Å²) in [6.45, 7) is 3.76. The van der Waals surface area contributed by atoms with Crippen molar-refractivity contribution in [2.24, 2.45) is 5.11 Å². The lowest BCUT2D eigenvalue weighted by Gasteiger charge is -2.08. The van der Waals surface area contributed by atoms with E-state index >= 15 is 0 Å². The van der Waals surface area contributed by atoms with Crippen molar-refractivity contribution in [3.8, 4) is 0 Å². The molecule has 0 bridgehead atoms. The predicted molar refractivity (Wildman–Crippen MR) is 70.8 cm³/mol. The van der Waals surface area contributed by atoms with Gasteiger partial charge in [-0.2, -0.15) is 0 Å². The zero-order valence-corrected chi connectivity index (χ0v) is 11.2. The van der Waals surface area contributed by atoms with E-state index in [1.54, 1.807) is 6.92 Å². The minimum absolute atomic E-state index is 0.102. The molecule has 0 spiro atoms. The molecule has 0 saturated carbocycles. The fraction of sp³-hybridized carbons (Fsp3) is 0.923. The van der Waals surface area contributed by atoms with Gasteiger partial charge in [-0.1, -0.05) is 57.0 Å². The van der Waals surface area contributed by atoms with Gasteiger partial charge in [0.2, 0.25) is 0 Å². The first-order chi connectivity index (χ1) is 8.20. The summed E-state index contributed by atoms with van der Waals surface area (Å²) >= 11 is 0. The van der Waals surface area contributed by atoms with E-state index in [1.807, 2.05) is 0 Å². The normalized spacial score (nSPS) is 11.9. The van der Waals surface area contributed by atoms with E-state index in [1.165, 1.54) is 38.5 Å². The number of azide groups is 1. The van der Waals surface area contributed by atoms with Crippen LogP contribution < -0.4 is 0 Å². The Balaban J connectivity index is 3.54. The number of nitrogens with zero attached hydrogens (tertiary/aromatic N) is 3. The summed E-state index contributed by atoms with van der Waals surface area (Å²) < 4.78 is 0. The van der Waals surface area contributed by atoms with E-state index in [0.717, 1.165) is 12.8 Å². The van der Waals surface area contributed by atoms with Crippen LogP contribution in [0, 0.1) is 0 Å². The first-order valence-electron chi connectivity index (χ1n) is 6.74. The number of carbonyl (C=O) groups excluding carboxylic acids is 1. The molecule has 0 aromatic rings. The van der Waals surface area contributed by atoms with Crippen LogP contribution in [-0.4, -0.2) is 11.8 Å². The van der Waals surface area contributed by atoms with E-state index in [4.69, 9.17) is 5.53 Å². The van der Waals surface area contributed by atoms with Crippen LogP contribution in [0.2, 0.25) is 0 Å². The number of Topliss-reactive ketones (excluding diaryl/α,β-unsaturated/α-hetero) is 1. The molecule has 17 heavy (non-hydrogen) atoms. The average Bonchev–Trinajstić information content (AvgIpc) is 2.27. The molecule has 4 nitrogen and oxygen atoms in total. The number of ketones is 1. The smallest absolute Gasteiger partial charge is 0.130 e. The van der Waals surface area contributed by atoms with Crippen molar-refractivity contribution in [2.75, 3.05) is 0 Å². The van der Waals surface area contributed by atoms with Crippen LogP contribution in [0.5, 0.6) is 0 Å². The van der Waals surface area contributed by atoms with Crippen molar-refractivity contribution >= 4 is 5.78 Å². The Morgan fingerprint density at radius 2 is 1.76 bits per heavy atom. The maximum atomic E-state index is 11.0. The molecule has 1 atom stereocenters. The maximum absolute atomic E-state index is 11.0. The fourth-order valence-corrected chi connectivity index (χ4v) is 1.94. The van der Waals surface area contributed by atoms with Crippen molar-refractivity contribution in [3.05, 3.63) is 10.4 Å². The summed E-state index contributed by atoms with van der Waals surface area (Å²) in [7, 11) is 0. The molecule has 0 amide bonds. The van der Waals surface area contributed by atoms with Gasteiger partial charge in [0.05, 0.1) is 0 Å². The van der Waals surface area contributed by atoms with E-state index < -0.39 is 0 Å². The van der Waals surface area contributed by atoms with Crippen molar-refractivity contribution in [1.29, 1.82) is 0 Å². The highest BCUT2D eigenvalue weighted by Gasteiger charge is 2.08. The highest BCUT2D eigenvalue weighted by molar-refractivity contribution is 5.76. The topological polar surface area (TPSA) is 65.8 Å². The molecule has 0 heterocycles. The standard InChI is InChI=1S/C13H25N3O/c1-3-4-5-6-7-8-9-10-13(15-16-14)11-12(2)17/h13H,3-11H2,1-2H3. The van der Waals surface area contributed by atoms with Gasteiger partial charge in [0.25, 0.3) is 0 Å². The zero-order chi connectivity index (χ0) is 12.9. The maximum Gasteiger partial charge on any atom is 0.130 e. The highest BCUT2D eigenvalue weighted by atomic mass is 16.1. The first kappa shape index (κ1) is 16.0. The summed E-state index contributed by atoms with van der Waals surface area (Å²) in [6.07, 6.45) is 9.95. The van der Waals surface area contributed by atoms with Crippen LogP contribution in [0.4, 0.5) is 0 Å². The number of rotatable bonds is 11. The summed E-state index contributed by atoms with van der Waals surface area (Å²) in [6, 6.07) is -0.131. The van der Waals surface area contributed by atoms with Crippen LogP contribution in [0.3, 0.4) is 0 Å². The van der Waals surface area contributed by atoms with Crippen molar-refractivity contribution in [3.63, 3.8) is 0 Å². The van der Waals surface area contributed by atoms with Gasteiger partial charge in [-0.05, 0) is 18.9 Å². The Labute approximate surface area is 104 Å². The molecule has 0 aliphatic heterocycles. The van der Waals surface area contributed by atoms with Gasteiger partial charge in [0, 0.05) is 17.4 Å². The second kappa shape index (κ2) is 11.5. The number of carbonyl (C=O) groups is 1. The molecule has 0 rings (SSSR count). The molecule has 0 saturated heterocycles. The lowest BCUT2D eigenvalue weighted by molar-refractivity contribution is -0.117. The van der Waals surface area contributed by atoms with Gasteiger partial charge in [-0.15, -0.1) is 0 Å². The van der Waals surface area contributed by atoms with Crippen LogP contribution in [-0.2, 0) is 4.79 Å². The van der Waals surface area contributed by atoms with E-state index in [-0.39, 0.29) is 11.8 Å². The van der Waals surface area contributed by atoms with E-state index in [0.29, 0.717) is 6.42 Å². The third-order valence-corrected chi connectivity index (χ3v) is 2.88. The molecule has 0 aromatic carbocycles. The van der Waals surface area contributed by atoms with E-state index in [2.05, 4.69) is 16.9 Å². The minimum Gasteiger partial charge on any atom is -0.300 e. The average molecular weight is 239 g/mol. The summed E-state index contributed by atoms with van der Waals surface area (Å²) in [4.78, 5) is 13.8. The molecule has 0 aromatic heterocycles. The monoisotopic (exact) mass is 239 g/mol. The Morgan fingerprint density at radius 3 is 2.29 bits per heavy atom. The minimum atomic E-state index is -0.131. The number of unbranched alkanes of at least 4 members (excludes halogenated alkanes) is 6. The molecule has 0 N–H and O–H groups in total.